The predicted molar refractivity (Wildman–Crippen MR) is 87.6 cm³/mol. The topological polar surface area (TPSA) is 68.5 Å². The summed E-state index contributed by atoms with van der Waals surface area (Å²) in [5.41, 5.74) is 0.867. The molecule has 2 aliphatic rings. The van der Waals surface area contributed by atoms with Crippen molar-refractivity contribution in [3.05, 3.63) is 30.2 Å². The minimum absolute atomic E-state index is 0.133. The van der Waals surface area contributed by atoms with Crippen LogP contribution in [0.15, 0.2) is 28.8 Å². The zero-order valence-electron chi connectivity index (χ0n) is 13.8. The molecule has 1 amide bonds. The maximum atomic E-state index is 12.3. The number of amides is 1. The van der Waals surface area contributed by atoms with Crippen molar-refractivity contribution in [1.29, 1.82) is 0 Å². The molecule has 0 unspecified atom stereocenters. The van der Waals surface area contributed by atoms with Gasteiger partial charge in [0, 0.05) is 24.6 Å². The van der Waals surface area contributed by atoms with E-state index in [1.807, 2.05) is 29.2 Å². The quantitative estimate of drug-likeness (QED) is 0.864. The Morgan fingerprint density at radius 1 is 1.33 bits per heavy atom. The summed E-state index contributed by atoms with van der Waals surface area (Å²) >= 11 is 0. The van der Waals surface area contributed by atoms with Gasteiger partial charge >= 0.3 is 0 Å². The lowest BCUT2D eigenvalue weighted by atomic mass is 9.97. The molecule has 0 spiro atoms. The average Bonchev–Trinajstić information content (AvgIpc) is 3.37. The molecule has 1 atom stereocenters. The number of nitrogens with zero attached hydrogens (tertiary/aromatic N) is 3. The number of likely N-dealkylation sites (tertiary alicyclic amines) is 1. The first-order valence-corrected chi connectivity index (χ1v) is 8.51. The number of aromatic nitrogens is 2. The molecule has 1 aliphatic heterocycles. The Morgan fingerprint density at radius 2 is 2.21 bits per heavy atom. The van der Waals surface area contributed by atoms with Crippen molar-refractivity contribution in [3.63, 3.8) is 0 Å². The molecule has 126 valence electrons. The highest BCUT2D eigenvalue weighted by molar-refractivity contribution is 5.81. The standard InChI is InChI=1S/C18H21N3O3/c1-23-15-6-2-4-13(10-15)16-19-17(24-20-16)14-5-3-9-21(11-14)18(22)12-7-8-12/h2,4,6,10,12,14H,3,5,7-9,11H2,1H3/t14-/m0/s1. The Hall–Kier alpha value is -2.37. The normalized spacial score (nSPS) is 20.9. The van der Waals surface area contributed by atoms with Crippen LogP contribution < -0.4 is 4.74 Å². The summed E-state index contributed by atoms with van der Waals surface area (Å²) < 4.78 is 10.7. The van der Waals surface area contributed by atoms with E-state index < -0.39 is 0 Å². The van der Waals surface area contributed by atoms with Crippen molar-refractivity contribution in [1.82, 2.24) is 15.0 Å². The van der Waals surface area contributed by atoms with Crippen LogP contribution in [0, 0.1) is 5.92 Å². The minimum atomic E-state index is 0.133. The van der Waals surface area contributed by atoms with Crippen LogP contribution in [-0.2, 0) is 4.79 Å². The summed E-state index contributed by atoms with van der Waals surface area (Å²) in [6, 6.07) is 7.60. The monoisotopic (exact) mass is 327 g/mol. The van der Waals surface area contributed by atoms with Gasteiger partial charge in [0.15, 0.2) is 0 Å². The molecule has 0 radical (unpaired) electrons. The van der Waals surface area contributed by atoms with Crippen molar-refractivity contribution < 1.29 is 14.1 Å². The van der Waals surface area contributed by atoms with Crippen molar-refractivity contribution in [3.8, 4) is 17.1 Å². The Morgan fingerprint density at radius 3 is 3.00 bits per heavy atom. The second kappa shape index (κ2) is 6.26. The SMILES string of the molecule is COc1cccc(-c2noc([C@H]3CCCN(C(=O)C4CC4)C3)n2)c1. The van der Waals surface area contributed by atoms with Crippen LogP contribution in [0.4, 0.5) is 0 Å². The molecule has 1 aliphatic carbocycles. The molecule has 0 bridgehead atoms. The molecule has 1 aromatic carbocycles. The summed E-state index contributed by atoms with van der Waals surface area (Å²) in [6.07, 6.45) is 4.05. The molecule has 1 saturated heterocycles. The van der Waals surface area contributed by atoms with E-state index in [0.29, 0.717) is 24.2 Å². The lowest BCUT2D eigenvalue weighted by Gasteiger charge is -2.31. The first-order chi connectivity index (χ1) is 11.7. The largest absolute Gasteiger partial charge is 0.497 e. The van der Waals surface area contributed by atoms with Gasteiger partial charge in [-0.25, -0.2) is 0 Å². The lowest BCUT2D eigenvalue weighted by molar-refractivity contribution is -0.133. The van der Waals surface area contributed by atoms with E-state index in [0.717, 1.165) is 43.5 Å². The van der Waals surface area contributed by atoms with Gasteiger partial charge < -0.3 is 14.2 Å². The third-order valence-corrected chi connectivity index (χ3v) is 4.78. The van der Waals surface area contributed by atoms with Crippen LogP contribution in [-0.4, -0.2) is 41.1 Å². The van der Waals surface area contributed by atoms with Crippen LogP contribution in [0.5, 0.6) is 5.75 Å². The highest BCUT2D eigenvalue weighted by atomic mass is 16.5. The summed E-state index contributed by atoms with van der Waals surface area (Å²) in [7, 11) is 1.63. The fraction of sp³-hybridized carbons (Fsp3) is 0.500. The molecule has 2 heterocycles. The Labute approximate surface area is 140 Å². The molecular weight excluding hydrogens is 306 g/mol. The molecule has 1 aromatic heterocycles. The van der Waals surface area contributed by atoms with Crippen molar-refractivity contribution in [2.24, 2.45) is 5.92 Å². The van der Waals surface area contributed by atoms with Gasteiger partial charge in [0.1, 0.15) is 5.75 Å². The van der Waals surface area contributed by atoms with E-state index in [2.05, 4.69) is 10.1 Å². The molecule has 24 heavy (non-hydrogen) atoms. The van der Waals surface area contributed by atoms with Crippen LogP contribution in [0.2, 0.25) is 0 Å². The van der Waals surface area contributed by atoms with Crippen LogP contribution >= 0.6 is 0 Å². The van der Waals surface area contributed by atoms with E-state index in [4.69, 9.17) is 9.26 Å². The highest BCUT2D eigenvalue weighted by Crippen LogP contribution is 2.34. The summed E-state index contributed by atoms with van der Waals surface area (Å²) in [4.78, 5) is 18.8. The van der Waals surface area contributed by atoms with Crippen LogP contribution in [0.1, 0.15) is 37.5 Å². The molecule has 6 heteroatoms. The molecule has 6 nitrogen and oxygen atoms in total. The van der Waals surface area contributed by atoms with Crippen molar-refractivity contribution in [2.75, 3.05) is 20.2 Å². The summed E-state index contributed by atoms with van der Waals surface area (Å²) in [5, 5.41) is 4.11. The third kappa shape index (κ3) is 3.00. The first-order valence-electron chi connectivity index (χ1n) is 8.51. The molecule has 2 fully saturated rings. The number of hydrogen-bond donors (Lipinski definition) is 0. The molecule has 2 aromatic rings. The number of benzene rings is 1. The van der Waals surface area contributed by atoms with Crippen LogP contribution in [0.3, 0.4) is 0 Å². The van der Waals surface area contributed by atoms with Gasteiger partial charge in [-0.3, -0.25) is 4.79 Å². The minimum Gasteiger partial charge on any atom is -0.497 e. The van der Waals surface area contributed by atoms with Gasteiger partial charge in [-0.05, 0) is 37.8 Å². The lowest BCUT2D eigenvalue weighted by Crippen LogP contribution is -2.40. The summed E-state index contributed by atoms with van der Waals surface area (Å²) in [6.45, 7) is 1.54. The smallest absolute Gasteiger partial charge is 0.231 e. The maximum absolute atomic E-state index is 12.3. The average molecular weight is 327 g/mol. The van der Waals surface area contributed by atoms with E-state index in [1.165, 1.54) is 0 Å². The maximum Gasteiger partial charge on any atom is 0.231 e. The Bertz CT molecular complexity index is 739. The molecule has 0 N–H and O–H groups in total. The molecule has 4 rings (SSSR count). The van der Waals surface area contributed by atoms with E-state index in [-0.39, 0.29) is 11.8 Å². The fourth-order valence-corrected chi connectivity index (χ4v) is 3.25. The molecule has 1 saturated carbocycles. The van der Waals surface area contributed by atoms with Gasteiger partial charge in [-0.1, -0.05) is 17.3 Å². The number of carbonyl (C=O) groups is 1. The number of rotatable bonds is 4. The number of ether oxygens (including phenoxy) is 1. The van der Waals surface area contributed by atoms with Gasteiger partial charge in [-0.15, -0.1) is 0 Å². The number of methoxy groups -OCH3 is 1. The highest BCUT2D eigenvalue weighted by Gasteiger charge is 2.36. The zero-order valence-corrected chi connectivity index (χ0v) is 13.8. The third-order valence-electron chi connectivity index (χ3n) is 4.78. The first kappa shape index (κ1) is 15.2. The van der Waals surface area contributed by atoms with E-state index in [9.17, 15) is 4.79 Å². The number of carbonyl (C=O) groups excluding carboxylic acids is 1. The van der Waals surface area contributed by atoms with Gasteiger partial charge in [0.2, 0.25) is 17.6 Å². The summed E-state index contributed by atoms with van der Waals surface area (Å²) in [5.74, 6) is 2.65. The van der Waals surface area contributed by atoms with Crippen molar-refractivity contribution >= 4 is 5.91 Å². The Balaban J connectivity index is 1.50. The zero-order chi connectivity index (χ0) is 16.5. The van der Waals surface area contributed by atoms with Gasteiger partial charge in [-0.2, -0.15) is 4.98 Å². The van der Waals surface area contributed by atoms with Crippen LogP contribution in [0.25, 0.3) is 11.4 Å². The second-order valence-electron chi connectivity index (χ2n) is 6.59. The predicted octanol–water partition coefficient (Wildman–Crippen LogP) is 2.86. The van der Waals surface area contributed by atoms with E-state index >= 15 is 0 Å². The molecular formula is C18H21N3O3. The van der Waals surface area contributed by atoms with Gasteiger partial charge in [0.05, 0.1) is 13.0 Å². The van der Waals surface area contributed by atoms with E-state index in [1.54, 1.807) is 7.11 Å². The Kier molecular flexibility index (Phi) is 3.96. The van der Waals surface area contributed by atoms with Crippen molar-refractivity contribution in [2.45, 2.75) is 31.6 Å². The number of piperidine rings is 1. The van der Waals surface area contributed by atoms with Gasteiger partial charge in [0.25, 0.3) is 0 Å². The fourth-order valence-electron chi connectivity index (χ4n) is 3.25. The number of hydrogen-bond acceptors (Lipinski definition) is 5. The second-order valence-corrected chi connectivity index (χ2v) is 6.59.